The van der Waals surface area contributed by atoms with Crippen molar-refractivity contribution in [3.63, 3.8) is 0 Å². The van der Waals surface area contributed by atoms with Crippen LogP contribution in [0.1, 0.15) is 108 Å². The van der Waals surface area contributed by atoms with Crippen LogP contribution in [0.5, 0.6) is 0 Å². The van der Waals surface area contributed by atoms with E-state index in [9.17, 15) is 0 Å². The van der Waals surface area contributed by atoms with Crippen LogP contribution in [-0.2, 0) is 29.3 Å². The maximum atomic E-state index is 16.2. The molecule has 2 aromatic heterocycles. The Morgan fingerprint density at radius 2 is 1.53 bits per heavy atom. The molecule has 0 saturated carbocycles. The summed E-state index contributed by atoms with van der Waals surface area (Å²) in [6.07, 6.45) is 12.1. The number of halogens is 1. The first kappa shape index (κ1) is 31.7. The van der Waals surface area contributed by atoms with Crippen molar-refractivity contribution in [2.24, 2.45) is 0 Å². The van der Waals surface area contributed by atoms with Crippen molar-refractivity contribution in [3.8, 4) is 22.5 Å². The molecule has 0 saturated heterocycles. The molecule has 2 atom stereocenters. The fraction of sp³-hybridized carbons (Fsp3) is 0.409. The monoisotopic (exact) mass is 626 g/mol. The second kappa shape index (κ2) is 11.7. The maximum Gasteiger partial charge on any atom is 0.221 e. The number of nitrogens with zero attached hydrogens (tertiary/aromatic N) is 2. The van der Waals surface area contributed by atoms with Crippen LogP contribution in [0.15, 0.2) is 85.2 Å². The molecule has 47 heavy (non-hydrogen) atoms. The summed E-state index contributed by atoms with van der Waals surface area (Å²) in [7, 11) is 0. The number of unbranched alkanes of at least 4 members (excludes halogenated alkanes) is 1. The van der Waals surface area contributed by atoms with E-state index in [-0.39, 0.29) is 16.8 Å². The normalized spacial score (nSPS) is 20.5. The van der Waals surface area contributed by atoms with Crippen LogP contribution in [0.25, 0.3) is 33.3 Å². The van der Waals surface area contributed by atoms with Gasteiger partial charge in [0.1, 0.15) is 12.4 Å². The lowest BCUT2D eigenvalue weighted by Crippen LogP contribution is -2.69. The van der Waals surface area contributed by atoms with Gasteiger partial charge in [-0.15, -0.1) is 0 Å². The Kier molecular flexibility index (Phi) is 7.89. The molecule has 2 aliphatic rings. The molecule has 0 amide bonds. The molecule has 2 nitrogen and oxygen atoms in total. The number of hydrogen-bond acceptors (Lipinski definition) is 0. The Bertz CT molecular complexity index is 2000. The van der Waals surface area contributed by atoms with Gasteiger partial charge in [-0.3, -0.25) is 0 Å². The predicted octanol–water partition coefficient (Wildman–Crippen LogP) is 10.4. The number of hydrogen-bond donors (Lipinski definition) is 0. The van der Waals surface area contributed by atoms with Crippen LogP contribution in [0.2, 0.25) is 0 Å². The van der Waals surface area contributed by atoms with Crippen LogP contribution >= 0.6 is 0 Å². The molecule has 3 heterocycles. The van der Waals surface area contributed by atoms with Crippen LogP contribution in [0.3, 0.4) is 0 Å². The van der Waals surface area contributed by atoms with Crippen LogP contribution in [-0.4, -0.2) is 0 Å². The van der Waals surface area contributed by atoms with Gasteiger partial charge in [-0.05, 0) is 78.9 Å². The minimum Gasteiger partial charge on any atom is -0.207 e. The third kappa shape index (κ3) is 4.48. The average Bonchev–Trinajstić information content (AvgIpc) is 3.08. The van der Waals surface area contributed by atoms with E-state index in [2.05, 4.69) is 137 Å². The molecule has 5 aromatic rings. The fourth-order valence-corrected chi connectivity index (χ4v) is 9.68. The second-order valence-electron chi connectivity index (χ2n) is 14.9. The summed E-state index contributed by atoms with van der Waals surface area (Å²) in [5, 5.41) is 2.70. The summed E-state index contributed by atoms with van der Waals surface area (Å²) in [6, 6.07) is 26.2. The molecule has 0 N–H and O–H groups in total. The van der Waals surface area contributed by atoms with Gasteiger partial charge in [-0.2, -0.15) is 9.13 Å². The molecule has 2 unspecified atom stereocenters. The van der Waals surface area contributed by atoms with Gasteiger partial charge in [0.25, 0.3) is 0 Å². The van der Waals surface area contributed by atoms with Crippen molar-refractivity contribution in [2.45, 2.75) is 116 Å². The maximum absolute atomic E-state index is 16.2. The molecular formula is C44H51FN2+2. The van der Waals surface area contributed by atoms with Crippen molar-refractivity contribution in [1.82, 2.24) is 0 Å². The van der Waals surface area contributed by atoms with Crippen LogP contribution in [0, 0.1) is 12.7 Å². The van der Waals surface area contributed by atoms with E-state index in [1.807, 2.05) is 0 Å². The molecule has 1 aliphatic carbocycles. The molecule has 3 heteroatoms. The smallest absolute Gasteiger partial charge is 0.207 e. The van der Waals surface area contributed by atoms with E-state index in [1.54, 1.807) is 6.07 Å². The van der Waals surface area contributed by atoms with E-state index in [1.165, 1.54) is 62.8 Å². The average molecular weight is 627 g/mol. The van der Waals surface area contributed by atoms with Crippen molar-refractivity contribution >= 4 is 10.8 Å². The third-order valence-electron chi connectivity index (χ3n) is 12.4. The summed E-state index contributed by atoms with van der Waals surface area (Å²) in [5.74, 6) is -0.0790. The Morgan fingerprint density at radius 1 is 0.766 bits per heavy atom. The van der Waals surface area contributed by atoms with Crippen molar-refractivity contribution in [3.05, 3.63) is 119 Å². The molecule has 0 fully saturated rings. The molecule has 7 rings (SSSR count). The number of aryl methyl sites for hydroxylation is 3. The summed E-state index contributed by atoms with van der Waals surface area (Å²) in [5.41, 5.74) is 10.4. The molecule has 0 spiro atoms. The van der Waals surface area contributed by atoms with Crippen molar-refractivity contribution in [2.75, 3.05) is 0 Å². The Labute approximate surface area is 281 Å². The van der Waals surface area contributed by atoms with Gasteiger partial charge in [0.15, 0.2) is 17.9 Å². The zero-order valence-corrected chi connectivity index (χ0v) is 29.5. The Hall–Kier alpha value is -3.85. The topological polar surface area (TPSA) is 7.76 Å². The first-order valence-electron chi connectivity index (χ1n) is 18.0. The molecule has 1 aliphatic heterocycles. The largest absolute Gasteiger partial charge is 0.221 e. The molecule has 3 aromatic carbocycles. The van der Waals surface area contributed by atoms with Gasteiger partial charge >= 0.3 is 0 Å². The van der Waals surface area contributed by atoms with Gasteiger partial charge in [0.2, 0.25) is 11.4 Å². The third-order valence-corrected chi connectivity index (χ3v) is 12.4. The summed E-state index contributed by atoms with van der Waals surface area (Å²) in [6.45, 7) is 17.1. The lowest BCUT2D eigenvalue weighted by molar-refractivity contribution is -0.771. The van der Waals surface area contributed by atoms with E-state index in [0.717, 1.165) is 49.8 Å². The summed E-state index contributed by atoms with van der Waals surface area (Å²) >= 11 is 0. The highest BCUT2D eigenvalue weighted by Gasteiger charge is 2.61. The number of pyridine rings is 2. The highest BCUT2D eigenvalue weighted by Crippen LogP contribution is 2.58. The fourth-order valence-electron chi connectivity index (χ4n) is 9.68. The molecule has 0 radical (unpaired) electrons. The van der Waals surface area contributed by atoms with Gasteiger partial charge in [0, 0.05) is 54.0 Å². The minimum absolute atomic E-state index is 0.0790. The van der Waals surface area contributed by atoms with E-state index >= 15 is 4.39 Å². The van der Waals surface area contributed by atoms with Crippen molar-refractivity contribution < 1.29 is 13.5 Å². The lowest BCUT2D eigenvalue weighted by Gasteiger charge is -2.50. The lowest BCUT2D eigenvalue weighted by atomic mass is 9.55. The van der Waals surface area contributed by atoms with Crippen molar-refractivity contribution in [1.29, 1.82) is 0 Å². The van der Waals surface area contributed by atoms with Gasteiger partial charge in [-0.1, -0.05) is 77.4 Å². The Balaban J connectivity index is 1.42. The van der Waals surface area contributed by atoms with Crippen LogP contribution < -0.4 is 9.13 Å². The predicted molar refractivity (Wildman–Crippen MR) is 192 cm³/mol. The second-order valence-corrected chi connectivity index (χ2v) is 14.9. The van der Waals surface area contributed by atoms with Gasteiger partial charge in [0.05, 0.1) is 16.4 Å². The first-order valence-corrected chi connectivity index (χ1v) is 18.0. The molecule has 242 valence electrons. The number of benzene rings is 3. The molecule has 0 bridgehead atoms. The first-order chi connectivity index (χ1) is 22.6. The highest BCUT2D eigenvalue weighted by molar-refractivity contribution is 6.02. The number of rotatable bonds is 10. The van der Waals surface area contributed by atoms with Crippen LogP contribution in [0.4, 0.5) is 4.39 Å². The number of aromatic nitrogens is 2. The summed E-state index contributed by atoms with van der Waals surface area (Å²) in [4.78, 5) is 0. The van der Waals surface area contributed by atoms with E-state index in [4.69, 9.17) is 0 Å². The SMILES string of the molecule is CCCCc1ccc2c3c4[n+](ccc13)C(CC)(CCC[n+]1ccccc1-c1ccccc1C)C(C)(CC)c1ccc(F)c(c1-4)C2(C)C. The zero-order valence-electron chi connectivity index (χ0n) is 29.5. The Morgan fingerprint density at radius 3 is 2.28 bits per heavy atom. The molecular weight excluding hydrogens is 575 g/mol. The minimum atomic E-state index is -0.431. The quantitative estimate of drug-likeness (QED) is 0.136. The van der Waals surface area contributed by atoms with E-state index in [0.29, 0.717) is 0 Å². The standard InChI is InChI=1S/C44H51FN2/c1-8-11-18-31-21-22-34-38-33(31)25-29-47-41(38)39-35(23-24-36(45)40(39)42(34,5)6)43(7,9-2)44(47,10-3)26-16-28-46-27-15-14-20-37(46)32-19-13-12-17-30(32)4/h12-15,17,19-25,27,29H,8-11,16,18,26,28H2,1-7H3/q+2. The highest BCUT2D eigenvalue weighted by atomic mass is 19.1. The summed E-state index contributed by atoms with van der Waals surface area (Å²) < 4.78 is 21.3. The van der Waals surface area contributed by atoms with E-state index < -0.39 is 5.41 Å². The van der Waals surface area contributed by atoms with Gasteiger partial charge in [-0.25, -0.2) is 4.39 Å². The zero-order chi connectivity index (χ0) is 33.1. The van der Waals surface area contributed by atoms with Gasteiger partial charge < -0.3 is 0 Å².